The first-order valence-corrected chi connectivity index (χ1v) is 6.13. The summed E-state index contributed by atoms with van der Waals surface area (Å²) in [4.78, 5) is 16.0. The zero-order chi connectivity index (χ0) is 11.5. The largest absolute Gasteiger partial charge is 0.346 e. The molecule has 1 heterocycles. The second kappa shape index (κ2) is 6.33. The van der Waals surface area contributed by atoms with Crippen LogP contribution in [0.2, 0.25) is 0 Å². The number of hydrogen-bond acceptors (Lipinski definition) is 3. The monoisotopic (exact) mass is 319 g/mol. The number of nitrogens with one attached hydrogen (secondary N) is 1. The average molecular weight is 321 g/mol. The Hall–Kier alpha value is -0.650. The first kappa shape index (κ1) is 14.4. The van der Waals surface area contributed by atoms with E-state index in [1.165, 1.54) is 0 Å². The highest BCUT2D eigenvalue weighted by Crippen LogP contribution is 2.32. The van der Waals surface area contributed by atoms with Gasteiger partial charge in [0.15, 0.2) is 0 Å². The molecule has 0 aliphatic heterocycles. The summed E-state index contributed by atoms with van der Waals surface area (Å²) in [7, 11) is 0. The van der Waals surface area contributed by atoms with Crippen molar-refractivity contribution >= 4 is 34.2 Å². The summed E-state index contributed by atoms with van der Waals surface area (Å²) in [5, 5.41) is 2.93. The van der Waals surface area contributed by atoms with Gasteiger partial charge in [0.2, 0.25) is 0 Å². The quantitative estimate of drug-likeness (QED) is 0.888. The van der Waals surface area contributed by atoms with Crippen LogP contribution in [0.15, 0.2) is 22.8 Å². The van der Waals surface area contributed by atoms with Crippen molar-refractivity contribution in [2.45, 2.75) is 18.9 Å². The van der Waals surface area contributed by atoms with Gasteiger partial charge in [-0.15, -0.1) is 12.4 Å². The van der Waals surface area contributed by atoms with E-state index in [1.807, 2.05) is 0 Å². The summed E-state index contributed by atoms with van der Waals surface area (Å²) in [5.41, 5.74) is 6.05. The number of halogens is 2. The lowest BCUT2D eigenvalue weighted by atomic mass is 10.2. The predicted octanol–water partition coefficient (Wildman–Crippen LogP) is 1.73. The molecule has 1 aromatic rings. The molecule has 0 bridgehead atoms. The Morgan fingerprint density at radius 1 is 1.65 bits per heavy atom. The molecule has 0 saturated heterocycles. The molecule has 1 amide bonds. The van der Waals surface area contributed by atoms with E-state index >= 15 is 0 Å². The van der Waals surface area contributed by atoms with Gasteiger partial charge in [-0.05, 0) is 46.8 Å². The van der Waals surface area contributed by atoms with Gasteiger partial charge in [-0.3, -0.25) is 4.79 Å². The SMILES string of the molecule is Cl.NCC(NC(=O)c1ncccc1Br)C1CC1. The molecule has 3 N–H and O–H groups in total. The summed E-state index contributed by atoms with van der Waals surface area (Å²) < 4.78 is 0.707. The third-order valence-corrected chi connectivity index (χ3v) is 3.37. The van der Waals surface area contributed by atoms with Gasteiger partial charge in [0, 0.05) is 23.3 Å². The smallest absolute Gasteiger partial charge is 0.271 e. The lowest BCUT2D eigenvalue weighted by Crippen LogP contribution is -2.42. The third-order valence-electron chi connectivity index (χ3n) is 2.74. The summed E-state index contributed by atoms with van der Waals surface area (Å²) in [6, 6.07) is 3.67. The fourth-order valence-corrected chi connectivity index (χ4v) is 2.09. The topological polar surface area (TPSA) is 68.0 Å². The van der Waals surface area contributed by atoms with Crippen LogP contribution in [-0.2, 0) is 0 Å². The van der Waals surface area contributed by atoms with Crippen LogP contribution in [0.5, 0.6) is 0 Å². The third kappa shape index (κ3) is 3.66. The molecule has 1 atom stereocenters. The number of rotatable bonds is 4. The Morgan fingerprint density at radius 2 is 2.35 bits per heavy atom. The second-order valence-corrected chi connectivity index (χ2v) is 4.84. The molecular weight excluding hydrogens is 305 g/mol. The van der Waals surface area contributed by atoms with Gasteiger partial charge in [0.1, 0.15) is 5.69 Å². The Bertz CT molecular complexity index is 398. The maximum Gasteiger partial charge on any atom is 0.271 e. The van der Waals surface area contributed by atoms with Gasteiger partial charge >= 0.3 is 0 Å². The predicted molar refractivity (Wildman–Crippen MR) is 72.2 cm³/mol. The van der Waals surface area contributed by atoms with Crippen LogP contribution in [0.3, 0.4) is 0 Å². The Kier molecular flexibility index (Phi) is 5.36. The Labute approximate surface area is 115 Å². The zero-order valence-electron chi connectivity index (χ0n) is 9.23. The van der Waals surface area contributed by atoms with Gasteiger partial charge in [-0.25, -0.2) is 4.98 Å². The molecule has 94 valence electrons. The van der Waals surface area contributed by atoms with Crippen molar-refractivity contribution in [1.29, 1.82) is 0 Å². The Balaban J connectivity index is 0.00000144. The summed E-state index contributed by atoms with van der Waals surface area (Å²) in [6.07, 6.45) is 3.92. The molecule has 1 fully saturated rings. The number of aromatic nitrogens is 1. The highest BCUT2D eigenvalue weighted by atomic mass is 79.9. The van der Waals surface area contributed by atoms with Crippen LogP contribution < -0.4 is 11.1 Å². The van der Waals surface area contributed by atoms with Crippen molar-refractivity contribution in [3.05, 3.63) is 28.5 Å². The molecule has 0 spiro atoms. The normalized spacial score (nSPS) is 15.9. The Morgan fingerprint density at radius 3 is 2.88 bits per heavy atom. The van der Waals surface area contributed by atoms with Crippen LogP contribution in [0, 0.1) is 5.92 Å². The van der Waals surface area contributed by atoms with Crippen LogP contribution in [0.4, 0.5) is 0 Å². The fourth-order valence-electron chi connectivity index (χ4n) is 1.66. The van der Waals surface area contributed by atoms with E-state index in [0.29, 0.717) is 22.6 Å². The van der Waals surface area contributed by atoms with E-state index < -0.39 is 0 Å². The maximum atomic E-state index is 11.9. The lowest BCUT2D eigenvalue weighted by Gasteiger charge is -2.15. The number of carbonyl (C=O) groups excluding carboxylic acids is 1. The second-order valence-electron chi connectivity index (χ2n) is 3.99. The molecule has 6 heteroatoms. The highest BCUT2D eigenvalue weighted by Gasteiger charge is 2.31. The van der Waals surface area contributed by atoms with Crippen molar-refractivity contribution < 1.29 is 4.79 Å². The van der Waals surface area contributed by atoms with Gasteiger partial charge in [-0.2, -0.15) is 0 Å². The van der Waals surface area contributed by atoms with Crippen LogP contribution in [0.25, 0.3) is 0 Å². The summed E-state index contributed by atoms with van der Waals surface area (Å²) in [5.74, 6) is 0.395. The zero-order valence-corrected chi connectivity index (χ0v) is 11.6. The highest BCUT2D eigenvalue weighted by molar-refractivity contribution is 9.10. The van der Waals surface area contributed by atoms with Crippen LogP contribution >= 0.6 is 28.3 Å². The molecule has 0 radical (unpaired) electrons. The van der Waals surface area contributed by atoms with E-state index in [4.69, 9.17) is 5.73 Å². The number of carbonyl (C=O) groups is 1. The van der Waals surface area contributed by atoms with Crippen LogP contribution in [-0.4, -0.2) is 23.5 Å². The minimum atomic E-state index is -0.158. The molecule has 1 unspecified atom stereocenters. The van der Waals surface area contributed by atoms with Gasteiger partial charge in [-0.1, -0.05) is 0 Å². The van der Waals surface area contributed by atoms with E-state index in [9.17, 15) is 4.79 Å². The molecule has 1 aliphatic carbocycles. The molecule has 1 saturated carbocycles. The molecule has 4 nitrogen and oxygen atoms in total. The van der Waals surface area contributed by atoms with Crippen LogP contribution in [0.1, 0.15) is 23.3 Å². The first-order chi connectivity index (χ1) is 7.72. The number of amides is 1. The molecular formula is C11H15BrClN3O. The summed E-state index contributed by atoms with van der Waals surface area (Å²) >= 11 is 3.31. The van der Waals surface area contributed by atoms with Crippen molar-refractivity contribution in [2.75, 3.05) is 6.54 Å². The number of pyridine rings is 1. The van der Waals surface area contributed by atoms with Crippen molar-refractivity contribution in [3.8, 4) is 0 Å². The number of hydrogen-bond donors (Lipinski definition) is 2. The standard InChI is InChI=1S/C11H14BrN3O.ClH/c12-8-2-1-5-14-10(8)11(16)15-9(6-13)7-3-4-7;/h1-2,5,7,9H,3-4,6,13H2,(H,15,16);1H. The number of nitrogens with two attached hydrogens (primary N) is 1. The maximum absolute atomic E-state index is 11.9. The van der Waals surface area contributed by atoms with E-state index in [0.717, 1.165) is 12.8 Å². The van der Waals surface area contributed by atoms with Gasteiger partial charge in [0.05, 0.1) is 0 Å². The molecule has 17 heavy (non-hydrogen) atoms. The van der Waals surface area contributed by atoms with Crippen molar-refractivity contribution in [1.82, 2.24) is 10.3 Å². The minimum absolute atomic E-state index is 0. The average Bonchev–Trinajstić information content (AvgIpc) is 3.10. The van der Waals surface area contributed by atoms with E-state index in [2.05, 4.69) is 26.2 Å². The lowest BCUT2D eigenvalue weighted by molar-refractivity contribution is 0.0927. The first-order valence-electron chi connectivity index (χ1n) is 5.34. The van der Waals surface area contributed by atoms with Crippen molar-refractivity contribution in [3.63, 3.8) is 0 Å². The fraction of sp³-hybridized carbons (Fsp3) is 0.455. The molecule has 1 aliphatic rings. The van der Waals surface area contributed by atoms with E-state index in [1.54, 1.807) is 18.3 Å². The minimum Gasteiger partial charge on any atom is -0.346 e. The van der Waals surface area contributed by atoms with Gasteiger partial charge < -0.3 is 11.1 Å². The van der Waals surface area contributed by atoms with Gasteiger partial charge in [0.25, 0.3) is 5.91 Å². The number of nitrogens with zero attached hydrogens (tertiary/aromatic N) is 1. The molecule has 2 rings (SSSR count). The molecule has 0 aromatic carbocycles. The molecule has 1 aromatic heterocycles. The van der Waals surface area contributed by atoms with E-state index in [-0.39, 0.29) is 24.4 Å². The van der Waals surface area contributed by atoms with Crippen molar-refractivity contribution in [2.24, 2.45) is 11.7 Å². The summed E-state index contributed by atoms with van der Waals surface area (Å²) in [6.45, 7) is 0.487.